The molecule has 2 heterocycles. The smallest absolute Gasteiger partial charge is 0.343 e. The topological polar surface area (TPSA) is 66.8 Å². The monoisotopic (exact) mass is 488 g/mol. The molecule has 0 bridgehead atoms. The fourth-order valence-corrected chi connectivity index (χ4v) is 4.15. The summed E-state index contributed by atoms with van der Waals surface area (Å²) < 4.78 is 50.2. The number of nitrogens with zero attached hydrogens (tertiary/aromatic N) is 3. The molecule has 0 saturated carbocycles. The number of carbonyl (C=O) groups is 1. The van der Waals surface area contributed by atoms with E-state index >= 15 is 4.39 Å². The van der Waals surface area contributed by atoms with Crippen molar-refractivity contribution in [3.05, 3.63) is 69.8 Å². The summed E-state index contributed by atoms with van der Waals surface area (Å²) in [5, 5.41) is 3.17. The highest BCUT2D eigenvalue weighted by Crippen LogP contribution is 2.28. The van der Waals surface area contributed by atoms with Gasteiger partial charge in [-0.05, 0) is 45.3 Å². The molecule has 1 saturated heterocycles. The molecule has 10 heteroatoms. The first-order chi connectivity index (χ1) is 16.7. The van der Waals surface area contributed by atoms with E-state index in [1.807, 2.05) is 11.8 Å². The second-order valence-corrected chi connectivity index (χ2v) is 8.90. The van der Waals surface area contributed by atoms with Crippen LogP contribution < -0.4 is 15.6 Å². The highest BCUT2D eigenvalue weighted by atomic mass is 19.1. The highest BCUT2D eigenvalue weighted by molar-refractivity contribution is 5.95. The molecule has 186 valence electrons. The Kier molecular flexibility index (Phi) is 7.13. The van der Waals surface area contributed by atoms with Gasteiger partial charge >= 0.3 is 5.97 Å². The van der Waals surface area contributed by atoms with Crippen LogP contribution in [0.5, 0.6) is 0 Å². The number of rotatable bonds is 6. The normalized spacial score (nSPS) is 16.2. The molecule has 1 aliphatic heterocycles. The summed E-state index contributed by atoms with van der Waals surface area (Å²) in [6.07, 6.45) is 1.17. The first kappa shape index (κ1) is 24.7. The number of halogens is 3. The van der Waals surface area contributed by atoms with Gasteiger partial charge in [-0.3, -0.25) is 4.79 Å². The van der Waals surface area contributed by atoms with Gasteiger partial charge in [-0.2, -0.15) is 0 Å². The maximum atomic E-state index is 15.2. The van der Waals surface area contributed by atoms with E-state index in [0.717, 1.165) is 12.1 Å². The van der Waals surface area contributed by atoms with E-state index in [0.29, 0.717) is 32.2 Å². The Morgan fingerprint density at radius 2 is 1.89 bits per heavy atom. The van der Waals surface area contributed by atoms with Crippen molar-refractivity contribution in [2.45, 2.75) is 13.0 Å². The largest absolute Gasteiger partial charge is 0.461 e. The molecule has 1 atom stereocenters. The predicted molar refractivity (Wildman–Crippen MR) is 128 cm³/mol. The lowest BCUT2D eigenvalue weighted by Gasteiger charge is -2.34. The first-order valence-electron chi connectivity index (χ1n) is 11.3. The number of piperazine rings is 1. The number of aromatic nitrogens is 1. The van der Waals surface area contributed by atoms with Crippen LogP contribution in [-0.2, 0) is 4.74 Å². The summed E-state index contributed by atoms with van der Waals surface area (Å²) in [7, 11) is 3.60. The van der Waals surface area contributed by atoms with Crippen LogP contribution in [0.2, 0.25) is 0 Å². The van der Waals surface area contributed by atoms with Crippen molar-refractivity contribution in [3.63, 3.8) is 0 Å². The van der Waals surface area contributed by atoms with Crippen LogP contribution in [0.15, 0.2) is 41.3 Å². The molecule has 2 aromatic carbocycles. The standard InChI is InChI=1S/C25H27F3N4O3/c1-15-13-31(7-6-29-15)23-12-22-17(11-20(23)28)24(33)18(25(34)35-9-8-30(2)3)14-32(22)21-5-4-16(26)10-19(21)27/h4-5,10-12,14-15,29H,6-9,13H2,1-3H3. The van der Waals surface area contributed by atoms with Crippen molar-refractivity contribution in [1.82, 2.24) is 14.8 Å². The quantitative estimate of drug-likeness (QED) is 0.539. The summed E-state index contributed by atoms with van der Waals surface area (Å²) in [6.45, 7) is 4.16. The molecular weight excluding hydrogens is 461 g/mol. The van der Waals surface area contributed by atoms with E-state index in [1.54, 1.807) is 19.0 Å². The highest BCUT2D eigenvalue weighted by Gasteiger charge is 2.24. The summed E-state index contributed by atoms with van der Waals surface area (Å²) in [4.78, 5) is 29.6. The number of anilines is 1. The van der Waals surface area contributed by atoms with Gasteiger partial charge < -0.3 is 24.4 Å². The zero-order valence-corrected chi connectivity index (χ0v) is 19.8. The number of benzene rings is 2. The van der Waals surface area contributed by atoms with Gasteiger partial charge in [-0.1, -0.05) is 0 Å². The molecule has 35 heavy (non-hydrogen) atoms. The third-order valence-electron chi connectivity index (χ3n) is 5.94. The molecule has 4 rings (SSSR count). The van der Waals surface area contributed by atoms with Crippen LogP contribution in [-0.4, -0.2) is 68.4 Å². The van der Waals surface area contributed by atoms with E-state index in [-0.39, 0.29) is 40.5 Å². The summed E-state index contributed by atoms with van der Waals surface area (Å²) >= 11 is 0. The van der Waals surface area contributed by atoms with Crippen molar-refractivity contribution in [3.8, 4) is 5.69 Å². The number of ether oxygens (including phenoxy) is 1. The van der Waals surface area contributed by atoms with Gasteiger partial charge in [-0.25, -0.2) is 18.0 Å². The fraction of sp³-hybridized carbons (Fsp3) is 0.360. The minimum Gasteiger partial charge on any atom is -0.461 e. The summed E-state index contributed by atoms with van der Waals surface area (Å²) in [6, 6.07) is 5.62. The Morgan fingerprint density at radius 3 is 2.57 bits per heavy atom. The third kappa shape index (κ3) is 5.18. The van der Waals surface area contributed by atoms with Crippen LogP contribution in [0.1, 0.15) is 17.3 Å². The van der Waals surface area contributed by atoms with Gasteiger partial charge in [0, 0.05) is 49.9 Å². The molecule has 1 N–H and O–H groups in total. The minimum absolute atomic E-state index is 0.0305. The molecule has 0 spiro atoms. The SMILES string of the molecule is CC1CN(c2cc3c(cc2F)c(=O)c(C(=O)OCCN(C)C)cn3-c2ccc(F)cc2F)CCN1. The molecule has 1 aliphatic rings. The molecule has 3 aromatic rings. The Morgan fingerprint density at radius 1 is 1.14 bits per heavy atom. The number of nitrogens with one attached hydrogen (secondary N) is 1. The summed E-state index contributed by atoms with van der Waals surface area (Å²) in [5.74, 6) is -3.21. The van der Waals surface area contributed by atoms with Gasteiger partial charge in [0.2, 0.25) is 5.43 Å². The predicted octanol–water partition coefficient (Wildman–Crippen LogP) is 2.92. The lowest BCUT2D eigenvalue weighted by atomic mass is 10.1. The second kappa shape index (κ2) is 10.1. The van der Waals surface area contributed by atoms with Crippen LogP contribution >= 0.6 is 0 Å². The molecule has 0 aliphatic carbocycles. The van der Waals surface area contributed by atoms with Crippen molar-refractivity contribution < 1.29 is 22.7 Å². The van der Waals surface area contributed by atoms with E-state index in [4.69, 9.17) is 4.74 Å². The number of hydrogen-bond acceptors (Lipinski definition) is 6. The van der Waals surface area contributed by atoms with Crippen LogP contribution in [0.3, 0.4) is 0 Å². The molecule has 0 radical (unpaired) electrons. The zero-order chi connectivity index (χ0) is 25.3. The number of likely N-dealkylation sites (N-methyl/N-ethyl adjacent to an activating group) is 1. The van der Waals surface area contributed by atoms with Crippen LogP contribution in [0.25, 0.3) is 16.6 Å². The van der Waals surface area contributed by atoms with Crippen molar-refractivity contribution in [2.75, 3.05) is 51.8 Å². The van der Waals surface area contributed by atoms with Gasteiger partial charge in [0.1, 0.15) is 29.6 Å². The first-order valence-corrected chi connectivity index (χ1v) is 11.3. The zero-order valence-electron chi connectivity index (χ0n) is 19.8. The van der Waals surface area contributed by atoms with Gasteiger partial charge in [-0.15, -0.1) is 0 Å². The second-order valence-electron chi connectivity index (χ2n) is 8.90. The van der Waals surface area contributed by atoms with E-state index in [1.165, 1.54) is 22.9 Å². The number of hydrogen-bond donors (Lipinski definition) is 1. The van der Waals surface area contributed by atoms with Crippen LogP contribution in [0, 0.1) is 17.5 Å². The van der Waals surface area contributed by atoms with E-state index in [9.17, 15) is 18.4 Å². The minimum atomic E-state index is -0.907. The molecule has 0 amide bonds. The lowest BCUT2D eigenvalue weighted by Crippen LogP contribution is -2.49. The number of fused-ring (bicyclic) bond motifs is 1. The molecule has 1 fully saturated rings. The van der Waals surface area contributed by atoms with Crippen LogP contribution in [0.4, 0.5) is 18.9 Å². The number of pyridine rings is 1. The third-order valence-corrected chi connectivity index (χ3v) is 5.94. The maximum Gasteiger partial charge on any atom is 0.343 e. The van der Waals surface area contributed by atoms with Gasteiger partial charge in [0.25, 0.3) is 0 Å². The fourth-order valence-electron chi connectivity index (χ4n) is 4.15. The van der Waals surface area contributed by atoms with Crippen molar-refractivity contribution in [1.29, 1.82) is 0 Å². The number of esters is 1. The Hall–Kier alpha value is -3.37. The van der Waals surface area contributed by atoms with Crippen molar-refractivity contribution >= 4 is 22.6 Å². The number of carbonyl (C=O) groups excluding carboxylic acids is 1. The molecule has 1 unspecified atom stereocenters. The molecule has 1 aromatic heterocycles. The Labute approximate surface area is 200 Å². The average molecular weight is 489 g/mol. The summed E-state index contributed by atoms with van der Waals surface area (Å²) in [5.41, 5.74) is -0.753. The van der Waals surface area contributed by atoms with Gasteiger partial charge in [0.05, 0.1) is 16.9 Å². The molecular formula is C25H27F3N4O3. The average Bonchev–Trinajstić information content (AvgIpc) is 2.79. The van der Waals surface area contributed by atoms with E-state index < -0.39 is 28.8 Å². The van der Waals surface area contributed by atoms with Gasteiger partial charge in [0.15, 0.2) is 0 Å². The lowest BCUT2D eigenvalue weighted by molar-refractivity contribution is 0.0480. The van der Waals surface area contributed by atoms with E-state index in [2.05, 4.69) is 5.32 Å². The Bertz CT molecular complexity index is 1330. The maximum absolute atomic E-state index is 15.2. The Balaban J connectivity index is 1.91. The molecule has 7 nitrogen and oxygen atoms in total. The van der Waals surface area contributed by atoms with Crippen molar-refractivity contribution in [2.24, 2.45) is 0 Å².